The van der Waals surface area contributed by atoms with Gasteiger partial charge < -0.3 is 10.3 Å². The van der Waals surface area contributed by atoms with Gasteiger partial charge in [0.15, 0.2) is 0 Å². The van der Waals surface area contributed by atoms with Crippen LogP contribution in [-0.4, -0.2) is 53.1 Å². The number of hydrogen-bond donors (Lipinski definition) is 1. The SMILES string of the molecule is CC(C)c1nc(Br)cc(NN2CCN(C)CC2)n1. The maximum atomic E-state index is 4.54. The van der Waals surface area contributed by atoms with E-state index in [1.807, 2.05) is 6.07 Å². The lowest BCUT2D eigenvalue weighted by Crippen LogP contribution is -2.47. The molecule has 0 aliphatic carbocycles. The minimum atomic E-state index is 0.329. The van der Waals surface area contributed by atoms with Crippen LogP contribution in [-0.2, 0) is 0 Å². The van der Waals surface area contributed by atoms with Crippen molar-refractivity contribution in [3.05, 3.63) is 16.5 Å². The number of nitrogens with zero attached hydrogens (tertiary/aromatic N) is 4. The molecule has 1 aromatic rings. The van der Waals surface area contributed by atoms with Crippen LogP contribution in [0.2, 0.25) is 0 Å². The third-order valence-corrected chi connectivity index (χ3v) is 3.41. The number of piperazine rings is 1. The normalized spacial score (nSPS) is 18.3. The number of hydrazine groups is 1. The molecule has 1 N–H and O–H groups in total. The smallest absolute Gasteiger partial charge is 0.145 e. The average Bonchev–Trinajstić information content (AvgIpc) is 2.31. The second-order valence-electron chi connectivity index (χ2n) is 4.99. The first-order valence-electron chi connectivity index (χ1n) is 6.29. The van der Waals surface area contributed by atoms with Crippen molar-refractivity contribution in [1.29, 1.82) is 0 Å². The monoisotopic (exact) mass is 313 g/mol. The summed E-state index contributed by atoms with van der Waals surface area (Å²) in [5, 5.41) is 2.21. The molecule has 100 valence electrons. The zero-order valence-electron chi connectivity index (χ0n) is 11.1. The number of halogens is 1. The molecule has 1 saturated heterocycles. The predicted octanol–water partition coefficient (Wildman–Crippen LogP) is 1.94. The Kier molecular flexibility index (Phi) is 4.53. The van der Waals surface area contributed by atoms with E-state index in [9.17, 15) is 0 Å². The van der Waals surface area contributed by atoms with E-state index < -0.39 is 0 Å². The third kappa shape index (κ3) is 3.63. The van der Waals surface area contributed by atoms with Gasteiger partial charge in [0.2, 0.25) is 0 Å². The molecule has 18 heavy (non-hydrogen) atoms. The summed E-state index contributed by atoms with van der Waals surface area (Å²) in [5.41, 5.74) is 3.36. The van der Waals surface area contributed by atoms with Crippen molar-refractivity contribution in [2.45, 2.75) is 19.8 Å². The molecule has 1 fully saturated rings. The summed E-state index contributed by atoms with van der Waals surface area (Å²) >= 11 is 3.44. The lowest BCUT2D eigenvalue weighted by molar-refractivity contribution is 0.178. The minimum Gasteiger partial charge on any atom is -0.304 e. The number of nitrogens with one attached hydrogen (secondary N) is 1. The summed E-state index contributed by atoms with van der Waals surface area (Å²) in [6.45, 7) is 8.37. The van der Waals surface area contributed by atoms with E-state index >= 15 is 0 Å². The van der Waals surface area contributed by atoms with Crippen molar-refractivity contribution in [3.8, 4) is 0 Å². The summed E-state index contributed by atoms with van der Waals surface area (Å²) in [6.07, 6.45) is 0. The van der Waals surface area contributed by atoms with E-state index in [0.717, 1.165) is 42.4 Å². The Balaban J connectivity index is 2.04. The van der Waals surface area contributed by atoms with Crippen LogP contribution in [0.3, 0.4) is 0 Å². The zero-order chi connectivity index (χ0) is 13.1. The summed E-state index contributed by atoms with van der Waals surface area (Å²) in [4.78, 5) is 11.2. The third-order valence-electron chi connectivity index (χ3n) is 3.00. The molecule has 2 heterocycles. The predicted molar refractivity (Wildman–Crippen MR) is 76.5 cm³/mol. The molecule has 0 spiro atoms. The molecule has 2 rings (SSSR count). The fourth-order valence-corrected chi connectivity index (χ4v) is 2.23. The van der Waals surface area contributed by atoms with Crippen LogP contribution in [0, 0.1) is 0 Å². The number of rotatable bonds is 3. The molecule has 1 aliphatic heterocycles. The van der Waals surface area contributed by atoms with Crippen molar-refractivity contribution >= 4 is 21.7 Å². The molecule has 1 aliphatic rings. The van der Waals surface area contributed by atoms with Gasteiger partial charge in [-0.05, 0) is 23.0 Å². The van der Waals surface area contributed by atoms with Crippen LogP contribution in [0.5, 0.6) is 0 Å². The first-order valence-corrected chi connectivity index (χ1v) is 7.08. The highest BCUT2D eigenvalue weighted by Crippen LogP contribution is 2.18. The van der Waals surface area contributed by atoms with E-state index in [0.29, 0.717) is 5.92 Å². The van der Waals surface area contributed by atoms with Crippen LogP contribution in [0.4, 0.5) is 5.82 Å². The van der Waals surface area contributed by atoms with Crippen molar-refractivity contribution in [1.82, 2.24) is 19.9 Å². The van der Waals surface area contributed by atoms with Crippen molar-refractivity contribution in [2.24, 2.45) is 0 Å². The molecule has 0 saturated carbocycles. The molecular weight excluding hydrogens is 294 g/mol. The van der Waals surface area contributed by atoms with Gasteiger partial charge in [0.1, 0.15) is 16.2 Å². The van der Waals surface area contributed by atoms with Gasteiger partial charge in [0, 0.05) is 38.2 Å². The highest BCUT2D eigenvalue weighted by Gasteiger charge is 2.15. The summed E-state index contributed by atoms with van der Waals surface area (Å²) in [7, 11) is 2.15. The molecule has 0 radical (unpaired) electrons. The van der Waals surface area contributed by atoms with Gasteiger partial charge in [0.05, 0.1) is 0 Å². The highest BCUT2D eigenvalue weighted by atomic mass is 79.9. The summed E-state index contributed by atoms with van der Waals surface area (Å²) < 4.78 is 0.831. The molecule has 0 amide bonds. The molecular formula is C12H20BrN5. The van der Waals surface area contributed by atoms with E-state index in [2.05, 4.69) is 62.1 Å². The summed E-state index contributed by atoms with van der Waals surface area (Å²) in [5.74, 6) is 2.06. The van der Waals surface area contributed by atoms with Crippen molar-refractivity contribution in [3.63, 3.8) is 0 Å². The van der Waals surface area contributed by atoms with Gasteiger partial charge in [-0.2, -0.15) is 0 Å². The lowest BCUT2D eigenvalue weighted by Gasteiger charge is -2.32. The molecule has 5 nitrogen and oxygen atoms in total. The lowest BCUT2D eigenvalue weighted by atomic mass is 10.2. The Labute approximate surface area is 117 Å². The quantitative estimate of drug-likeness (QED) is 0.864. The second kappa shape index (κ2) is 5.95. The number of aromatic nitrogens is 2. The molecule has 0 atom stereocenters. The molecule has 0 bridgehead atoms. The summed E-state index contributed by atoms with van der Waals surface area (Å²) in [6, 6.07) is 1.92. The average molecular weight is 314 g/mol. The van der Waals surface area contributed by atoms with Gasteiger partial charge in [-0.3, -0.25) is 0 Å². The topological polar surface area (TPSA) is 44.3 Å². The molecule has 0 unspecified atom stereocenters. The highest BCUT2D eigenvalue weighted by molar-refractivity contribution is 9.10. The van der Waals surface area contributed by atoms with Crippen LogP contribution in [0.15, 0.2) is 10.7 Å². The maximum Gasteiger partial charge on any atom is 0.145 e. The van der Waals surface area contributed by atoms with Crippen LogP contribution < -0.4 is 5.43 Å². The Hall–Kier alpha value is -0.720. The van der Waals surface area contributed by atoms with Gasteiger partial charge in [0.25, 0.3) is 0 Å². The zero-order valence-corrected chi connectivity index (χ0v) is 12.7. The van der Waals surface area contributed by atoms with Gasteiger partial charge in [-0.25, -0.2) is 15.0 Å². The van der Waals surface area contributed by atoms with E-state index in [1.54, 1.807) is 0 Å². The maximum absolute atomic E-state index is 4.54. The van der Waals surface area contributed by atoms with E-state index in [4.69, 9.17) is 0 Å². The Morgan fingerprint density at radius 1 is 1.22 bits per heavy atom. The Morgan fingerprint density at radius 2 is 1.89 bits per heavy atom. The molecule has 0 aromatic carbocycles. The van der Waals surface area contributed by atoms with Gasteiger partial charge >= 0.3 is 0 Å². The molecule has 1 aromatic heterocycles. The standard InChI is InChI=1S/C12H20BrN5/c1-9(2)12-14-10(13)8-11(15-12)16-18-6-4-17(3)5-7-18/h8-9H,4-7H2,1-3H3,(H,14,15,16). The fraction of sp³-hybridized carbons (Fsp3) is 0.667. The number of anilines is 1. The first kappa shape index (κ1) is 13.7. The Morgan fingerprint density at radius 3 is 2.50 bits per heavy atom. The largest absolute Gasteiger partial charge is 0.304 e. The second-order valence-corrected chi connectivity index (χ2v) is 5.80. The molecule has 6 heteroatoms. The van der Waals surface area contributed by atoms with E-state index in [1.165, 1.54) is 0 Å². The number of likely N-dealkylation sites (N-methyl/N-ethyl adjacent to an activating group) is 1. The van der Waals surface area contributed by atoms with E-state index in [-0.39, 0.29) is 0 Å². The van der Waals surface area contributed by atoms with Gasteiger partial charge in [-0.1, -0.05) is 13.8 Å². The van der Waals surface area contributed by atoms with Crippen LogP contribution in [0.25, 0.3) is 0 Å². The fourth-order valence-electron chi connectivity index (χ4n) is 1.83. The first-order chi connectivity index (χ1) is 8.54. The minimum absolute atomic E-state index is 0.329. The number of hydrogen-bond acceptors (Lipinski definition) is 5. The van der Waals surface area contributed by atoms with Crippen molar-refractivity contribution < 1.29 is 0 Å². The van der Waals surface area contributed by atoms with Crippen LogP contribution >= 0.6 is 15.9 Å². The van der Waals surface area contributed by atoms with Gasteiger partial charge in [-0.15, -0.1) is 0 Å². The van der Waals surface area contributed by atoms with Crippen molar-refractivity contribution in [2.75, 3.05) is 38.7 Å². The van der Waals surface area contributed by atoms with Crippen LogP contribution in [0.1, 0.15) is 25.6 Å². The Bertz CT molecular complexity index is 401.